The predicted octanol–water partition coefficient (Wildman–Crippen LogP) is 0.999. The molecule has 22 heavy (non-hydrogen) atoms. The molecule has 2 N–H and O–H groups in total. The van der Waals surface area contributed by atoms with Crippen LogP contribution in [-0.2, 0) is 10.2 Å². The van der Waals surface area contributed by atoms with Gasteiger partial charge in [-0.25, -0.2) is 9.97 Å². The lowest BCUT2D eigenvalue weighted by molar-refractivity contribution is 0.196. The van der Waals surface area contributed by atoms with Crippen molar-refractivity contribution in [3.63, 3.8) is 0 Å². The summed E-state index contributed by atoms with van der Waals surface area (Å²) in [5, 5.41) is 8.77. The second-order valence-electron chi connectivity index (χ2n) is 4.91. The number of rotatable bonds is 9. The molecular formula is C12H19BrN4O4S. The van der Waals surface area contributed by atoms with Crippen LogP contribution in [0.2, 0.25) is 0 Å². The summed E-state index contributed by atoms with van der Waals surface area (Å²) in [6, 6.07) is 0. The topological polar surface area (TPSA) is 105 Å². The summed E-state index contributed by atoms with van der Waals surface area (Å²) in [6.07, 6.45) is 3.34. The number of ether oxygens (including phenoxy) is 1. The van der Waals surface area contributed by atoms with E-state index >= 15 is 0 Å². The lowest BCUT2D eigenvalue weighted by Crippen LogP contribution is -2.37. The van der Waals surface area contributed by atoms with E-state index in [2.05, 4.69) is 30.6 Å². The average Bonchev–Trinajstić information content (AvgIpc) is 3.29. The van der Waals surface area contributed by atoms with Gasteiger partial charge in [0, 0.05) is 13.1 Å². The molecular weight excluding hydrogens is 376 g/mol. The number of aromatic nitrogens is 2. The van der Waals surface area contributed by atoms with Gasteiger partial charge >= 0.3 is 10.2 Å². The minimum absolute atomic E-state index is 0.0601. The van der Waals surface area contributed by atoms with E-state index in [0.29, 0.717) is 23.5 Å². The van der Waals surface area contributed by atoms with E-state index in [1.807, 2.05) is 0 Å². The first-order valence-corrected chi connectivity index (χ1v) is 9.23. The van der Waals surface area contributed by atoms with Crippen LogP contribution < -0.4 is 9.46 Å². The van der Waals surface area contributed by atoms with E-state index in [4.69, 9.17) is 9.84 Å². The van der Waals surface area contributed by atoms with E-state index in [-0.39, 0.29) is 24.9 Å². The number of halogens is 1. The Morgan fingerprint density at radius 2 is 2.23 bits per heavy atom. The Morgan fingerprint density at radius 3 is 2.82 bits per heavy atom. The van der Waals surface area contributed by atoms with Crippen molar-refractivity contribution in [2.24, 2.45) is 5.92 Å². The highest BCUT2D eigenvalue weighted by Gasteiger charge is 2.30. The first-order valence-electron chi connectivity index (χ1n) is 7.00. The SMILES string of the molecule is CCN(CC1CC1)S(=O)(=O)Nc1ncnc(OCCO)c1Br. The molecule has 0 spiro atoms. The second-order valence-corrected chi connectivity index (χ2v) is 7.38. The van der Waals surface area contributed by atoms with Crippen LogP contribution in [0, 0.1) is 5.92 Å². The molecule has 0 radical (unpaired) electrons. The molecule has 1 aromatic heterocycles. The molecule has 1 aromatic rings. The van der Waals surface area contributed by atoms with E-state index < -0.39 is 10.2 Å². The Kier molecular flexibility index (Phi) is 5.95. The lowest BCUT2D eigenvalue weighted by atomic mass is 10.4. The molecule has 2 rings (SSSR count). The Bertz CT molecular complexity index is 609. The molecule has 8 nitrogen and oxygen atoms in total. The van der Waals surface area contributed by atoms with Crippen LogP contribution in [0.3, 0.4) is 0 Å². The molecule has 1 heterocycles. The molecule has 0 amide bonds. The van der Waals surface area contributed by atoms with Crippen molar-refractivity contribution in [3.05, 3.63) is 10.8 Å². The maximum Gasteiger partial charge on any atom is 0.302 e. The molecule has 0 aromatic carbocycles. The Hall–Kier alpha value is -0.970. The summed E-state index contributed by atoms with van der Waals surface area (Å²) in [5.41, 5.74) is 0. The molecule has 1 aliphatic carbocycles. The zero-order valence-electron chi connectivity index (χ0n) is 12.2. The summed E-state index contributed by atoms with van der Waals surface area (Å²) >= 11 is 3.22. The lowest BCUT2D eigenvalue weighted by Gasteiger charge is -2.21. The minimum atomic E-state index is -3.68. The van der Waals surface area contributed by atoms with Gasteiger partial charge in [-0.1, -0.05) is 6.92 Å². The number of hydrogen-bond acceptors (Lipinski definition) is 6. The van der Waals surface area contributed by atoms with Crippen molar-refractivity contribution in [1.29, 1.82) is 0 Å². The number of aliphatic hydroxyl groups is 1. The van der Waals surface area contributed by atoms with Gasteiger partial charge in [0.15, 0.2) is 5.82 Å². The summed E-state index contributed by atoms with van der Waals surface area (Å²) in [7, 11) is -3.68. The third kappa shape index (κ3) is 4.51. The van der Waals surface area contributed by atoms with Crippen LogP contribution in [0.1, 0.15) is 19.8 Å². The van der Waals surface area contributed by atoms with E-state index in [9.17, 15) is 8.42 Å². The molecule has 0 bridgehead atoms. The van der Waals surface area contributed by atoms with Crippen molar-refractivity contribution in [1.82, 2.24) is 14.3 Å². The monoisotopic (exact) mass is 394 g/mol. The van der Waals surface area contributed by atoms with Gasteiger partial charge < -0.3 is 9.84 Å². The molecule has 0 unspecified atom stereocenters. The first-order chi connectivity index (χ1) is 10.5. The van der Waals surface area contributed by atoms with Gasteiger partial charge in [0.1, 0.15) is 17.4 Å². The largest absolute Gasteiger partial charge is 0.474 e. The number of aliphatic hydroxyl groups excluding tert-OH is 1. The highest BCUT2D eigenvalue weighted by Crippen LogP contribution is 2.32. The normalized spacial score (nSPS) is 15.1. The number of nitrogens with one attached hydrogen (secondary N) is 1. The van der Waals surface area contributed by atoms with Gasteiger partial charge in [0.25, 0.3) is 0 Å². The Labute approximate surface area is 138 Å². The number of nitrogens with zero attached hydrogens (tertiary/aromatic N) is 3. The Balaban J connectivity index is 2.13. The molecule has 0 aliphatic heterocycles. The van der Waals surface area contributed by atoms with Crippen molar-refractivity contribution >= 4 is 32.0 Å². The van der Waals surface area contributed by atoms with Crippen LogP contribution in [0.4, 0.5) is 5.82 Å². The van der Waals surface area contributed by atoms with Crippen LogP contribution in [0.15, 0.2) is 10.8 Å². The van der Waals surface area contributed by atoms with Gasteiger partial charge in [0.2, 0.25) is 5.88 Å². The molecule has 1 fully saturated rings. The van der Waals surface area contributed by atoms with Gasteiger partial charge in [-0.3, -0.25) is 4.72 Å². The quantitative estimate of drug-likeness (QED) is 0.647. The van der Waals surface area contributed by atoms with Crippen LogP contribution >= 0.6 is 15.9 Å². The maximum atomic E-state index is 12.4. The predicted molar refractivity (Wildman–Crippen MR) is 84.8 cm³/mol. The molecule has 1 saturated carbocycles. The third-order valence-electron chi connectivity index (χ3n) is 3.16. The van der Waals surface area contributed by atoms with Crippen molar-refractivity contribution in [3.8, 4) is 5.88 Å². The highest BCUT2D eigenvalue weighted by molar-refractivity contribution is 9.10. The van der Waals surface area contributed by atoms with Gasteiger partial charge in [-0.15, -0.1) is 0 Å². The highest BCUT2D eigenvalue weighted by atomic mass is 79.9. The van der Waals surface area contributed by atoms with Crippen molar-refractivity contribution in [2.75, 3.05) is 31.0 Å². The fourth-order valence-electron chi connectivity index (χ4n) is 1.84. The zero-order chi connectivity index (χ0) is 16.2. The van der Waals surface area contributed by atoms with E-state index in [1.165, 1.54) is 10.6 Å². The minimum Gasteiger partial charge on any atom is -0.474 e. The standard InChI is InChI=1S/C12H19BrN4O4S/c1-2-17(7-9-3-4-9)22(19,20)16-11-10(13)12(15-8-14-11)21-6-5-18/h8-9,18H,2-7H2,1H3,(H,14,15,16). The molecule has 0 atom stereocenters. The fraction of sp³-hybridized carbons (Fsp3) is 0.667. The van der Waals surface area contributed by atoms with E-state index in [1.54, 1.807) is 6.92 Å². The smallest absolute Gasteiger partial charge is 0.302 e. The van der Waals surface area contributed by atoms with Crippen LogP contribution in [0.5, 0.6) is 5.88 Å². The van der Waals surface area contributed by atoms with Crippen LogP contribution in [-0.4, -0.2) is 54.1 Å². The second kappa shape index (κ2) is 7.53. The van der Waals surface area contributed by atoms with Gasteiger partial charge in [0.05, 0.1) is 6.61 Å². The van der Waals surface area contributed by atoms with Gasteiger partial charge in [-0.2, -0.15) is 12.7 Å². The molecule has 124 valence electrons. The van der Waals surface area contributed by atoms with Crippen LogP contribution in [0.25, 0.3) is 0 Å². The molecule has 0 saturated heterocycles. The summed E-state index contributed by atoms with van der Waals surface area (Å²) in [5.74, 6) is 0.734. The summed E-state index contributed by atoms with van der Waals surface area (Å²) in [4.78, 5) is 7.82. The summed E-state index contributed by atoms with van der Waals surface area (Å²) in [6.45, 7) is 2.60. The zero-order valence-corrected chi connectivity index (χ0v) is 14.6. The molecule has 10 heteroatoms. The van der Waals surface area contributed by atoms with Crippen molar-refractivity contribution < 1.29 is 18.3 Å². The maximum absolute atomic E-state index is 12.4. The van der Waals surface area contributed by atoms with Gasteiger partial charge in [-0.05, 0) is 34.7 Å². The first kappa shape index (κ1) is 17.4. The van der Waals surface area contributed by atoms with E-state index in [0.717, 1.165) is 12.8 Å². The molecule has 1 aliphatic rings. The van der Waals surface area contributed by atoms with Crippen molar-refractivity contribution in [2.45, 2.75) is 19.8 Å². The number of anilines is 1. The fourth-order valence-corrected chi connectivity index (χ4v) is 3.66. The summed E-state index contributed by atoms with van der Waals surface area (Å²) < 4.78 is 34.2. The number of hydrogen-bond donors (Lipinski definition) is 2. The average molecular weight is 395 g/mol. The Morgan fingerprint density at radius 1 is 1.50 bits per heavy atom. The third-order valence-corrected chi connectivity index (χ3v) is 5.42.